The second-order valence-electron chi connectivity index (χ2n) is 18.9. The van der Waals surface area contributed by atoms with Crippen LogP contribution in [0, 0.1) is 47.1 Å². The molecule has 0 bridgehead atoms. The van der Waals surface area contributed by atoms with Gasteiger partial charge in [-0.2, -0.15) is 42.1 Å². The summed E-state index contributed by atoms with van der Waals surface area (Å²) in [6.07, 6.45) is -10.5. The average Bonchev–Trinajstić information content (AvgIpc) is 4.22. The van der Waals surface area contributed by atoms with Crippen LogP contribution in [0.1, 0.15) is 27.8 Å². The molecule has 2 aromatic heterocycles. The number of para-hydroxylation sites is 2. The molecule has 0 unspecified atom stereocenters. The Morgan fingerprint density at radius 2 is 0.738 bits per heavy atom. The van der Waals surface area contributed by atoms with Gasteiger partial charge in [-0.05, 0) is 111 Å². The molecule has 0 radical (unpaired) electrons. The number of halogens is 6. The number of alkyl halides is 6. The lowest BCUT2D eigenvalue weighted by Crippen LogP contribution is -2.13. The van der Waals surface area contributed by atoms with E-state index in [4.69, 9.17) is 13.1 Å². The first-order valence-electron chi connectivity index (χ1n) is 24.7. The van der Waals surface area contributed by atoms with Crippen molar-refractivity contribution in [3.05, 3.63) is 251 Å². The molecule has 12 aromatic rings. The van der Waals surface area contributed by atoms with Crippen LogP contribution in [0.2, 0.25) is 0 Å². The van der Waals surface area contributed by atoms with Crippen LogP contribution in [-0.2, 0) is 12.4 Å². The van der Waals surface area contributed by atoms with Gasteiger partial charge in [0.05, 0.1) is 86.5 Å². The smallest absolute Gasteiger partial charge is 0.309 e. The highest BCUT2D eigenvalue weighted by Crippen LogP contribution is 2.48. The number of nitrogens with zero attached hydrogens (tertiary/aromatic N) is 7. The van der Waals surface area contributed by atoms with Crippen molar-refractivity contribution < 1.29 is 26.3 Å². The van der Waals surface area contributed by atoms with Crippen molar-refractivity contribution in [3.8, 4) is 85.2 Å². The highest BCUT2D eigenvalue weighted by molar-refractivity contribution is 6.14. The molecule has 0 saturated carbocycles. The van der Waals surface area contributed by atoms with Gasteiger partial charge in [-0.1, -0.05) is 140 Å². The Balaban J connectivity index is 1.26. The molecule has 0 N–H and O–H groups in total. The molecule has 7 nitrogen and oxygen atoms in total. The van der Waals surface area contributed by atoms with Gasteiger partial charge in [-0.25, -0.2) is 9.69 Å². The lowest BCUT2D eigenvalue weighted by Gasteiger charge is -2.22. The Bertz CT molecular complexity index is 4600. The average molecular weight is 1050 g/mol. The third kappa shape index (κ3) is 8.21. The number of aromatic nitrogens is 2. The summed E-state index contributed by atoms with van der Waals surface area (Å²) >= 11 is 0. The first kappa shape index (κ1) is 49.7. The zero-order valence-electron chi connectivity index (χ0n) is 41.5. The number of benzene rings is 10. The number of hydrogen-bond donors (Lipinski definition) is 0. The summed E-state index contributed by atoms with van der Waals surface area (Å²) in [6.45, 7) is 16.0. The molecule has 80 heavy (non-hydrogen) atoms. The number of rotatable bonds is 7. The van der Waals surface area contributed by atoms with Gasteiger partial charge in [0.1, 0.15) is 6.07 Å². The Hall–Kier alpha value is -11.2. The molecule has 13 heteroatoms. The molecular formula is C67H33F6N7. The minimum atomic E-state index is -5.35. The summed E-state index contributed by atoms with van der Waals surface area (Å²) in [5, 5.41) is 34.6. The van der Waals surface area contributed by atoms with Crippen molar-refractivity contribution in [1.29, 1.82) is 15.8 Å². The van der Waals surface area contributed by atoms with Crippen LogP contribution in [0.15, 0.2) is 200 Å². The van der Waals surface area contributed by atoms with Crippen molar-refractivity contribution in [2.45, 2.75) is 12.4 Å². The van der Waals surface area contributed by atoms with Gasteiger partial charge in [-0.15, -0.1) is 0 Å². The first-order chi connectivity index (χ1) is 38.7. The summed E-state index contributed by atoms with van der Waals surface area (Å²) in [5.74, 6) is 0. The zero-order valence-corrected chi connectivity index (χ0v) is 41.5. The molecule has 10 aromatic carbocycles. The van der Waals surface area contributed by atoms with Crippen LogP contribution in [0.4, 0.5) is 37.7 Å². The minimum Gasteiger partial charge on any atom is -0.309 e. The van der Waals surface area contributed by atoms with Crippen molar-refractivity contribution >= 4 is 55.0 Å². The third-order valence-electron chi connectivity index (χ3n) is 14.6. The Kier molecular flexibility index (Phi) is 11.9. The fourth-order valence-corrected chi connectivity index (χ4v) is 11.0. The molecule has 378 valence electrons. The zero-order chi connectivity index (χ0) is 55.6. The second kappa shape index (κ2) is 19.1. The van der Waals surface area contributed by atoms with E-state index in [1.165, 1.54) is 12.1 Å². The topological polar surface area (TPSA) is 89.9 Å². The molecule has 0 saturated heterocycles. The summed E-state index contributed by atoms with van der Waals surface area (Å²) in [4.78, 5) is 7.50. The van der Waals surface area contributed by atoms with Gasteiger partial charge >= 0.3 is 12.4 Å². The van der Waals surface area contributed by atoms with E-state index in [1.54, 1.807) is 118 Å². The highest BCUT2D eigenvalue weighted by Gasteiger charge is 2.39. The minimum absolute atomic E-state index is 0.00651. The van der Waals surface area contributed by atoms with Gasteiger partial charge in [-0.3, -0.25) is 0 Å². The van der Waals surface area contributed by atoms with Crippen molar-refractivity contribution in [1.82, 2.24) is 9.13 Å². The summed E-state index contributed by atoms with van der Waals surface area (Å²) in [7, 11) is 0. The molecule has 0 atom stereocenters. The van der Waals surface area contributed by atoms with Crippen LogP contribution in [-0.4, -0.2) is 9.13 Å². The van der Waals surface area contributed by atoms with E-state index in [0.29, 0.717) is 117 Å². The van der Waals surface area contributed by atoms with Crippen LogP contribution in [0.3, 0.4) is 0 Å². The lowest BCUT2D eigenvalue weighted by molar-refractivity contribution is -0.142. The van der Waals surface area contributed by atoms with E-state index < -0.39 is 29.0 Å². The number of nitriles is 3. The van der Waals surface area contributed by atoms with E-state index in [2.05, 4.69) is 27.9 Å². The quantitative estimate of drug-likeness (QED) is 0.118. The largest absolute Gasteiger partial charge is 0.417 e. The normalized spacial score (nSPS) is 11.6. The van der Waals surface area contributed by atoms with Crippen molar-refractivity contribution in [2.75, 3.05) is 0 Å². The fraction of sp³-hybridized carbons (Fsp3) is 0.0299. The number of fused-ring (bicyclic) bond motifs is 6. The Morgan fingerprint density at radius 1 is 0.350 bits per heavy atom. The van der Waals surface area contributed by atoms with Crippen LogP contribution >= 0.6 is 0 Å². The van der Waals surface area contributed by atoms with Gasteiger partial charge in [0.25, 0.3) is 0 Å². The second-order valence-corrected chi connectivity index (χ2v) is 18.9. The Morgan fingerprint density at radius 3 is 1.14 bits per heavy atom. The summed E-state index contributed by atoms with van der Waals surface area (Å²) < 4.78 is 94.7. The van der Waals surface area contributed by atoms with Crippen LogP contribution in [0.5, 0.6) is 0 Å². The maximum Gasteiger partial charge on any atom is 0.417 e. The maximum absolute atomic E-state index is 15.9. The summed E-state index contributed by atoms with van der Waals surface area (Å²) in [5.41, 5.74) is 3.86. The predicted molar refractivity (Wildman–Crippen MR) is 299 cm³/mol. The van der Waals surface area contributed by atoms with Gasteiger partial charge < -0.3 is 9.13 Å². The van der Waals surface area contributed by atoms with E-state index >= 15 is 13.2 Å². The molecule has 0 aliphatic heterocycles. The standard InChI is InChI=1S/C67H33F6N7/c1-77-58-17-9-7-15-49(58)41-21-26-53-52-24-19-39(47-13-5-3-11-43(47)36-74)29-61(52)79(62(53)31-41)60-35-56(51-28-23-46(66(68,69)70)34-57(51)67(71,72)73)65(33-45(60)38-76)80-63-30-40(48-14-6-4-12-44(48)37-75)20-25-54(63)55-27-22-42(32-64(55)80)50-16-8-10-18-59(50)78-2/h3-35H. The number of hydrogen-bond acceptors (Lipinski definition) is 3. The van der Waals surface area contributed by atoms with Crippen LogP contribution in [0.25, 0.3) is 120 Å². The Labute approximate surface area is 452 Å². The monoisotopic (exact) mass is 1050 g/mol. The molecule has 0 fully saturated rings. The lowest BCUT2D eigenvalue weighted by atomic mass is 9.93. The molecule has 12 rings (SSSR count). The van der Waals surface area contributed by atoms with Gasteiger partial charge in [0.2, 0.25) is 0 Å². The molecule has 0 aliphatic carbocycles. The maximum atomic E-state index is 15.9. The van der Waals surface area contributed by atoms with E-state index in [-0.39, 0.29) is 28.6 Å². The van der Waals surface area contributed by atoms with Gasteiger partial charge in [0, 0.05) is 27.1 Å². The van der Waals surface area contributed by atoms with E-state index in [1.807, 2.05) is 60.7 Å². The summed E-state index contributed by atoms with van der Waals surface area (Å²) in [6, 6.07) is 60.9. The highest BCUT2D eigenvalue weighted by atomic mass is 19.4. The SMILES string of the molecule is [C-]#[N+]c1ccccc1-c1ccc2c3ccc(-c4ccccc4C#N)cc3n(-c3cc(-c4ccc(C(F)(F)F)cc4C(F)(F)F)c(-n4c5cc(-c6ccccc6C#N)ccc5c5ccc(-c6ccccc6[N+]#[C-])cc54)cc3C#N)c2c1. The van der Waals surface area contributed by atoms with Crippen molar-refractivity contribution in [2.24, 2.45) is 0 Å². The molecule has 0 spiro atoms. The van der Waals surface area contributed by atoms with E-state index in [9.17, 15) is 29.0 Å². The molecular weight excluding hydrogens is 1020 g/mol. The molecule has 0 aliphatic rings. The van der Waals surface area contributed by atoms with Crippen molar-refractivity contribution in [3.63, 3.8) is 0 Å². The van der Waals surface area contributed by atoms with Crippen LogP contribution < -0.4 is 0 Å². The van der Waals surface area contributed by atoms with E-state index in [0.717, 1.165) is 6.07 Å². The molecule has 2 heterocycles. The predicted octanol–water partition coefficient (Wildman–Crippen LogP) is 19.0. The molecule has 0 amide bonds. The first-order valence-corrected chi connectivity index (χ1v) is 24.7. The van der Waals surface area contributed by atoms with Gasteiger partial charge in [0.15, 0.2) is 11.4 Å². The fourth-order valence-electron chi connectivity index (χ4n) is 11.0. The third-order valence-corrected chi connectivity index (χ3v) is 14.6.